The van der Waals surface area contributed by atoms with Gasteiger partial charge in [-0.15, -0.1) is 0 Å². The standard InChI is InChI=1S/C19H17N3O3/c1-3-25-19(24)16-12-15(17-20-10-7-11-21-17)13(2)22(18(16)23)14-8-5-4-6-9-14/h4-12H,3H2,1-2H3. The van der Waals surface area contributed by atoms with Gasteiger partial charge >= 0.3 is 5.97 Å². The summed E-state index contributed by atoms with van der Waals surface area (Å²) >= 11 is 0. The molecule has 2 aromatic heterocycles. The van der Waals surface area contributed by atoms with Crippen LogP contribution in [0.5, 0.6) is 0 Å². The van der Waals surface area contributed by atoms with Crippen LogP contribution in [0.1, 0.15) is 23.0 Å². The van der Waals surface area contributed by atoms with E-state index in [4.69, 9.17) is 4.74 Å². The second-order valence-electron chi connectivity index (χ2n) is 5.33. The quantitative estimate of drug-likeness (QED) is 0.685. The van der Waals surface area contributed by atoms with Gasteiger partial charge in [-0.2, -0.15) is 0 Å². The number of carbonyl (C=O) groups excluding carboxylic acids is 1. The Balaban J connectivity index is 2.32. The van der Waals surface area contributed by atoms with E-state index in [9.17, 15) is 9.59 Å². The zero-order valence-corrected chi connectivity index (χ0v) is 14.0. The van der Waals surface area contributed by atoms with Gasteiger partial charge in [0, 0.05) is 29.3 Å². The predicted octanol–water partition coefficient (Wildman–Crippen LogP) is 2.78. The fraction of sp³-hybridized carbons (Fsp3) is 0.158. The van der Waals surface area contributed by atoms with E-state index in [1.54, 1.807) is 44.4 Å². The van der Waals surface area contributed by atoms with Crippen LogP contribution in [-0.2, 0) is 4.74 Å². The maximum atomic E-state index is 12.9. The summed E-state index contributed by atoms with van der Waals surface area (Å²) in [5, 5.41) is 0. The van der Waals surface area contributed by atoms with E-state index in [1.807, 2.05) is 18.2 Å². The van der Waals surface area contributed by atoms with Gasteiger partial charge in [0.05, 0.1) is 6.61 Å². The van der Waals surface area contributed by atoms with E-state index in [1.165, 1.54) is 10.6 Å². The Labute approximate surface area is 144 Å². The molecule has 0 amide bonds. The van der Waals surface area contributed by atoms with E-state index in [0.717, 1.165) is 0 Å². The van der Waals surface area contributed by atoms with E-state index in [2.05, 4.69) is 9.97 Å². The van der Waals surface area contributed by atoms with Gasteiger partial charge < -0.3 is 4.74 Å². The molecule has 3 rings (SSSR count). The lowest BCUT2D eigenvalue weighted by molar-refractivity contribution is 0.0524. The molecule has 0 radical (unpaired) electrons. The number of carbonyl (C=O) groups is 1. The van der Waals surface area contributed by atoms with Crippen molar-refractivity contribution >= 4 is 5.97 Å². The monoisotopic (exact) mass is 335 g/mol. The Morgan fingerprint density at radius 1 is 1.12 bits per heavy atom. The molecule has 0 aliphatic heterocycles. The number of benzene rings is 1. The van der Waals surface area contributed by atoms with Crippen LogP contribution in [0.2, 0.25) is 0 Å². The normalized spacial score (nSPS) is 10.5. The molecule has 6 nitrogen and oxygen atoms in total. The lowest BCUT2D eigenvalue weighted by atomic mass is 10.1. The average Bonchev–Trinajstić information content (AvgIpc) is 2.64. The van der Waals surface area contributed by atoms with E-state index < -0.39 is 11.5 Å². The molecule has 0 saturated heterocycles. The van der Waals surface area contributed by atoms with Crippen LogP contribution >= 0.6 is 0 Å². The highest BCUT2D eigenvalue weighted by Crippen LogP contribution is 2.22. The van der Waals surface area contributed by atoms with Crippen molar-refractivity contribution < 1.29 is 9.53 Å². The van der Waals surface area contributed by atoms with Crippen molar-refractivity contribution in [3.05, 3.63) is 76.5 Å². The molecule has 0 N–H and O–H groups in total. The van der Waals surface area contributed by atoms with Crippen molar-refractivity contribution in [2.24, 2.45) is 0 Å². The Bertz CT molecular complexity index is 951. The van der Waals surface area contributed by atoms with Crippen LogP contribution in [0.25, 0.3) is 17.1 Å². The maximum absolute atomic E-state index is 12.9. The first kappa shape index (κ1) is 16.6. The average molecular weight is 335 g/mol. The number of rotatable bonds is 4. The Kier molecular flexibility index (Phi) is 4.70. The van der Waals surface area contributed by atoms with Crippen LogP contribution in [-0.4, -0.2) is 27.1 Å². The first-order chi connectivity index (χ1) is 12.1. The van der Waals surface area contributed by atoms with Crippen LogP contribution in [0.3, 0.4) is 0 Å². The molecule has 0 fully saturated rings. The van der Waals surface area contributed by atoms with E-state index in [0.29, 0.717) is 22.8 Å². The second kappa shape index (κ2) is 7.09. The Morgan fingerprint density at radius 3 is 2.44 bits per heavy atom. The summed E-state index contributed by atoms with van der Waals surface area (Å²) in [7, 11) is 0. The molecule has 0 aliphatic rings. The van der Waals surface area contributed by atoms with Crippen molar-refractivity contribution in [2.75, 3.05) is 6.61 Å². The van der Waals surface area contributed by atoms with Crippen molar-refractivity contribution in [1.82, 2.24) is 14.5 Å². The van der Waals surface area contributed by atoms with Gasteiger partial charge in [-0.3, -0.25) is 9.36 Å². The van der Waals surface area contributed by atoms with Gasteiger partial charge in [-0.25, -0.2) is 14.8 Å². The Hall–Kier alpha value is -3.28. The molecule has 126 valence electrons. The smallest absolute Gasteiger partial charge is 0.343 e. The van der Waals surface area contributed by atoms with Gasteiger partial charge in [0.2, 0.25) is 0 Å². The fourth-order valence-electron chi connectivity index (χ4n) is 2.61. The summed E-state index contributed by atoms with van der Waals surface area (Å²) in [6.45, 7) is 3.69. The minimum Gasteiger partial charge on any atom is -0.462 e. The first-order valence-corrected chi connectivity index (χ1v) is 7.90. The molecule has 0 bridgehead atoms. The number of hydrogen-bond acceptors (Lipinski definition) is 5. The number of nitrogens with zero attached hydrogens (tertiary/aromatic N) is 3. The van der Waals surface area contributed by atoms with Crippen LogP contribution in [0, 0.1) is 6.92 Å². The molecule has 0 spiro atoms. The number of para-hydroxylation sites is 1. The highest BCUT2D eigenvalue weighted by atomic mass is 16.5. The number of esters is 1. The molecule has 2 heterocycles. The molecule has 6 heteroatoms. The van der Waals surface area contributed by atoms with Gasteiger partial charge in [-0.1, -0.05) is 18.2 Å². The minimum atomic E-state index is -0.658. The Morgan fingerprint density at radius 2 is 1.80 bits per heavy atom. The lowest BCUT2D eigenvalue weighted by Gasteiger charge is -2.15. The topological polar surface area (TPSA) is 74.1 Å². The molecule has 0 aliphatic carbocycles. The molecule has 3 aromatic rings. The van der Waals surface area contributed by atoms with Crippen molar-refractivity contribution in [2.45, 2.75) is 13.8 Å². The number of pyridine rings is 1. The zero-order valence-electron chi connectivity index (χ0n) is 14.0. The summed E-state index contributed by atoms with van der Waals surface area (Å²) in [6, 6.07) is 12.3. The van der Waals surface area contributed by atoms with Gasteiger partial charge in [0.25, 0.3) is 5.56 Å². The highest BCUT2D eigenvalue weighted by Gasteiger charge is 2.20. The molecular formula is C19H17N3O3. The van der Waals surface area contributed by atoms with E-state index in [-0.39, 0.29) is 12.2 Å². The van der Waals surface area contributed by atoms with Crippen LogP contribution in [0.15, 0.2) is 59.7 Å². The molecule has 0 saturated carbocycles. The molecule has 0 atom stereocenters. The van der Waals surface area contributed by atoms with Gasteiger partial charge in [0.1, 0.15) is 5.56 Å². The second-order valence-corrected chi connectivity index (χ2v) is 5.33. The fourth-order valence-corrected chi connectivity index (χ4v) is 2.61. The first-order valence-electron chi connectivity index (χ1n) is 7.90. The van der Waals surface area contributed by atoms with Gasteiger partial charge in [-0.05, 0) is 38.1 Å². The predicted molar refractivity (Wildman–Crippen MR) is 93.8 cm³/mol. The van der Waals surface area contributed by atoms with Crippen LogP contribution < -0.4 is 5.56 Å². The largest absolute Gasteiger partial charge is 0.462 e. The molecule has 1 aromatic carbocycles. The summed E-state index contributed by atoms with van der Waals surface area (Å²) in [4.78, 5) is 33.7. The molecule has 25 heavy (non-hydrogen) atoms. The number of hydrogen-bond donors (Lipinski definition) is 0. The number of aromatic nitrogens is 3. The maximum Gasteiger partial charge on any atom is 0.343 e. The lowest BCUT2D eigenvalue weighted by Crippen LogP contribution is -2.28. The summed E-state index contributed by atoms with van der Waals surface area (Å²) in [5.41, 5.74) is 1.44. The summed E-state index contributed by atoms with van der Waals surface area (Å²) in [5.74, 6) is -0.218. The number of ether oxygens (including phenoxy) is 1. The van der Waals surface area contributed by atoms with Gasteiger partial charge in [0.15, 0.2) is 5.82 Å². The molecular weight excluding hydrogens is 318 g/mol. The van der Waals surface area contributed by atoms with Crippen molar-refractivity contribution in [3.8, 4) is 17.1 Å². The van der Waals surface area contributed by atoms with Crippen molar-refractivity contribution in [3.63, 3.8) is 0 Å². The summed E-state index contributed by atoms with van der Waals surface area (Å²) < 4.78 is 6.52. The summed E-state index contributed by atoms with van der Waals surface area (Å²) in [6.07, 6.45) is 3.23. The third-order valence-corrected chi connectivity index (χ3v) is 3.76. The third kappa shape index (κ3) is 3.19. The third-order valence-electron chi connectivity index (χ3n) is 3.76. The van der Waals surface area contributed by atoms with Crippen LogP contribution in [0.4, 0.5) is 0 Å². The molecule has 0 unspecified atom stereocenters. The highest BCUT2D eigenvalue weighted by molar-refractivity contribution is 5.90. The minimum absolute atomic E-state index is 0.0428. The van der Waals surface area contributed by atoms with E-state index >= 15 is 0 Å². The zero-order chi connectivity index (χ0) is 17.8. The SMILES string of the molecule is CCOC(=O)c1cc(-c2ncccn2)c(C)n(-c2ccccc2)c1=O. The van der Waals surface area contributed by atoms with Crippen molar-refractivity contribution in [1.29, 1.82) is 0 Å².